The largest absolute Gasteiger partial charge is 0.391 e. The van der Waals surface area contributed by atoms with Gasteiger partial charge in [-0.25, -0.2) is 0 Å². The van der Waals surface area contributed by atoms with E-state index in [-0.39, 0.29) is 11.8 Å². The van der Waals surface area contributed by atoms with Crippen LogP contribution in [-0.2, 0) is 4.79 Å². The molecule has 5 nitrogen and oxygen atoms in total. The minimum atomic E-state index is -0.941. The summed E-state index contributed by atoms with van der Waals surface area (Å²) in [5.74, 6) is -0.668. The van der Waals surface area contributed by atoms with E-state index in [1.807, 2.05) is 0 Å². The Morgan fingerprint density at radius 1 is 1.22 bits per heavy atom. The molecule has 0 unspecified atom stereocenters. The van der Waals surface area contributed by atoms with Crippen molar-refractivity contribution in [2.45, 2.75) is 64.5 Å². The SMILES string of the molecule is CCCCCCCCNC(=O)[C@H](NC(=O)c1cccs1)[C@@H](C)O. The number of hydrogen-bond donors (Lipinski definition) is 3. The Kier molecular flexibility index (Phi) is 9.55. The fourth-order valence-corrected chi connectivity index (χ4v) is 2.88. The van der Waals surface area contributed by atoms with Gasteiger partial charge in [0.1, 0.15) is 6.04 Å². The molecule has 2 atom stereocenters. The van der Waals surface area contributed by atoms with Crippen molar-refractivity contribution in [3.05, 3.63) is 22.4 Å². The Morgan fingerprint density at radius 3 is 2.52 bits per heavy atom. The Hall–Kier alpha value is -1.40. The molecule has 0 radical (unpaired) electrons. The second kappa shape index (κ2) is 11.2. The van der Waals surface area contributed by atoms with E-state index in [2.05, 4.69) is 17.6 Å². The summed E-state index contributed by atoms with van der Waals surface area (Å²) in [4.78, 5) is 24.7. The first-order chi connectivity index (χ1) is 11.1. The van der Waals surface area contributed by atoms with Crippen LogP contribution < -0.4 is 10.6 Å². The van der Waals surface area contributed by atoms with Gasteiger partial charge < -0.3 is 15.7 Å². The standard InChI is InChI=1S/C17H28N2O3S/c1-3-4-5-6-7-8-11-18-17(22)15(13(2)20)19-16(21)14-10-9-12-23-14/h9-10,12-13,15,20H,3-8,11H2,1-2H3,(H,18,22)(H,19,21)/t13-,15-/m1/s1. The zero-order valence-corrected chi connectivity index (χ0v) is 14.8. The monoisotopic (exact) mass is 340 g/mol. The van der Waals surface area contributed by atoms with E-state index in [0.717, 1.165) is 12.8 Å². The number of unbranched alkanes of at least 4 members (excludes halogenated alkanes) is 5. The van der Waals surface area contributed by atoms with Crippen LogP contribution in [0.1, 0.15) is 62.0 Å². The highest BCUT2D eigenvalue weighted by atomic mass is 32.1. The van der Waals surface area contributed by atoms with E-state index < -0.39 is 12.1 Å². The molecule has 0 aliphatic heterocycles. The highest BCUT2D eigenvalue weighted by molar-refractivity contribution is 7.12. The van der Waals surface area contributed by atoms with E-state index in [1.165, 1.54) is 43.9 Å². The third-order valence-electron chi connectivity index (χ3n) is 3.63. The van der Waals surface area contributed by atoms with Crippen LogP contribution in [-0.4, -0.2) is 35.6 Å². The smallest absolute Gasteiger partial charge is 0.262 e. The molecule has 6 heteroatoms. The van der Waals surface area contributed by atoms with Crippen LogP contribution >= 0.6 is 11.3 Å². The van der Waals surface area contributed by atoms with E-state index in [1.54, 1.807) is 17.5 Å². The number of aliphatic hydroxyl groups is 1. The predicted octanol–water partition coefficient (Wildman–Crippen LogP) is 2.70. The molecule has 0 fully saturated rings. The van der Waals surface area contributed by atoms with Crippen LogP contribution in [0.4, 0.5) is 0 Å². The topological polar surface area (TPSA) is 78.4 Å². The highest BCUT2D eigenvalue weighted by Crippen LogP contribution is 2.09. The van der Waals surface area contributed by atoms with Gasteiger partial charge in [0.25, 0.3) is 5.91 Å². The number of rotatable bonds is 11. The van der Waals surface area contributed by atoms with Crippen LogP contribution in [0.3, 0.4) is 0 Å². The summed E-state index contributed by atoms with van der Waals surface area (Å²) >= 11 is 1.30. The maximum Gasteiger partial charge on any atom is 0.262 e. The Bertz CT molecular complexity index is 460. The van der Waals surface area contributed by atoms with E-state index >= 15 is 0 Å². The summed E-state index contributed by atoms with van der Waals surface area (Å²) in [6, 6.07) is 2.53. The van der Waals surface area contributed by atoms with Gasteiger partial charge in [-0.05, 0) is 24.8 Å². The third kappa shape index (κ3) is 7.61. The lowest BCUT2D eigenvalue weighted by molar-refractivity contribution is -0.125. The molecule has 1 rings (SSSR count). The molecule has 0 aliphatic carbocycles. The second-order valence-electron chi connectivity index (χ2n) is 5.73. The zero-order chi connectivity index (χ0) is 17.1. The molecule has 1 heterocycles. The Labute approximate surface area is 142 Å². The van der Waals surface area contributed by atoms with E-state index in [9.17, 15) is 14.7 Å². The molecule has 0 aliphatic rings. The zero-order valence-electron chi connectivity index (χ0n) is 14.0. The molecule has 23 heavy (non-hydrogen) atoms. The van der Waals surface area contributed by atoms with Crippen LogP contribution in [0.2, 0.25) is 0 Å². The van der Waals surface area contributed by atoms with Gasteiger partial charge >= 0.3 is 0 Å². The quantitative estimate of drug-likeness (QED) is 0.542. The third-order valence-corrected chi connectivity index (χ3v) is 4.49. The first-order valence-electron chi connectivity index (χ1n) is 8.36. The van der Waals surface area contributed by atoms with Gasteiger partial charge in [0.2, 0.25) is 5.91 Å². The molecule has 1 aromatic heterocycles. The average Bonchev–Trinajstić information content (AvgIpc) is 3.05. The van der Waals surface area contributed by atoms with Gasteiger partial charge in [0.15, 0.2) is 0 Å². The second-order valence-corrected chi connectivity index (χ2v) is 6.68. The number of nitrogens with one attached hydrogen (secondary N) is 2. The van der Waals surface area contributed by atoms with Crippen molar-refractivity contribution in [1.29, 1.82) is 0 Å². The van der Waals surface area contributed by atoms with Gasteiger partial charge in [-0.15, -0.1) is 11.3 Å². The molecule has 0 spiro atoms. The number of thiophene rings is 1. The Morgan fingerprint density at radius 2 is 1.91 bits per heavy atom. The normalized spacial score (nSPS) is 13.3. The lowest BCUT2D eigenvalue weighted by Gasteiger charge is -2.20. The van der Waals surface area contributed by atoms with Crippen molar-refractivity contribution in [2.24, 2.45) is 0 Å². The number of aliphatic hydroxyl groups excluding tert-OH is 1. The molecule has 1 aromatic rings. The first kappa shape index (κ1) is 19.6. The average molecular weight is 340 g/mol. The minimum absolute atomic E-state index is 0.333. The van der Waals surface area contributed by atoms with Crippen molar-refractivity contribution in [3.63, 3.8) is 0 Å². The maximum absolute atomic E-state index is 12.1. The summed E-state index contributed by atoms with van der Waals surface area (Å²) in [5, 5.41) is 16.9. The highest BCUT2D eigenvalue weighted by Gasteiger charge is 2.25. The Balaban J connectivity index is 2.33. The molecule has 0 aromatic carbocycles. The molecule has 0 bridgehead atoms. The summed E-state index contributed by atoms with van der Waals surface area (Å²) in [6.07, 6.45) is 5.95. The van der Waals surface area contributed by atoms with E-state index in [0.29, 0.717) is 11.4 Å². The molecule has 2 amide bonds. The van der Waals surface area contributed by atoms with Crippen molar-refractivity contribution < 1.29 is 14.7 Å². The van der Waals surface area contributed by atoms with Crippen LogP contribution in [0.15, 0.2) is 17.5 Å². The number of hydrogen-bond acceptors (Lipinski definition) is 4. The van der Waals surface area contributed by atoms with Gasteiger partial charge in [-0.2, -0.15) is 0 Å². The fourth-order valence-electron chi connectivity index (χ4n) is 2.25. The van der Waals surface area contributed by atoms with Gasteiger partial charge in [-0.3, -0.25) is 9.59 Å². The summed E-state index contributed by atoms with van der Waals surface area (Å²) in [6.45, 7) is 4.26. The van der Waals surface area contributed by atoms with Crippen LogP contribution in [0, 0.1) is 0 Å². The first-order valence-corrected chi connectivity index (χ1v) is 9.24. The van der Waals surface area contributed by atoms with Crippen molar-refractivity contribution >= 4 is 23.2 Å². The molecule has 130 valence electrons. The van der Waals surface area contributed by atoms with Gasteiger partial charge in [-0.1, -0.05) is 45.1 Å². The van der Waals surface area contributed by atoms with Crippen molar-refractivity contribution in [1.82, 2.24) is 10.6 Å². The van der Waals surface area contributed by atoms with Gasteiger partial charge in [0.05, 0.1) is 11.0 Å². The number of carbonyl (C=O) groups is 2. The molecule has 0 saturated heterocycles. The fraction of sp³-hybridized carbons (Fsp3) is 0.647. The lowest BCUT2D eigenvalue weighted by Crippen LogP contribution is -2.52. The number of amides is 2. The minimum Gasteiger partial charge on any atom is -0.391 e. The lowest BCUT2D eigenvalue weighted by atomic mass is 10.1. The molecule has 3 N–H and O–H groups in total. The summed E-state index contributed by atoms with van der Waals surface area (Å²) < 4.78 is 0. The maximum atomic E-state index is 12.1. The summed E-state index contributed by atoms with van der Waals surface area (Å²) in [5.41, 5.74) is 0. The van der Waals surface area contributed by atoms with Crippen LogP contribution in [0.25, 0.3) is 0 Å². The molecule has 0 saturated carbocycles. The van der Waals surface area contributed by atoms with Crippen molar-refractivity contribution in [2.75, 3.05) is 6.54 Å². The summed E-state index contributed by atoms with van der Waals surface area (Å²) in [7, 11) is 0. The van der Waals surface area contributed by atoms with Gasteiger partial charge in [0, 0.05) is 6.54 Å². The molecular formula is C17H28N2O3S. The number of carbonyl (C=O) groups excluding carboxylic acids is 2. The predicted molar refractivity (Wildman–Crippen MR) is 93.6 cm³/mol. The van der Waals surface area contributed by atoms with Crippen molar-refractivity contribution in [3.8, 4) is 0 Å². The van der Waals surface area contributed by atoms with Crippen LogP contribution in [0.5, 0.6) is 0 Å². The molecular weight excluding hydrogens is 312 g/mol. The van der Waals surface area contributed by atoms with E-state index in [4.69, 9.17) is 0 Å².